The van der Waals surface area contributed by atoms with Gasteiger partial charge in [0.25, 0.3) is 0 Å². The van der Waals surface area contributed by atoms with E-state index in [1.165, 1.54) is 0 Å². The Morgan fingerprint density at radius 3 is 2.58 bits per heavy atom. The third kappa shape index (κ3) is 8.03. The molecule has 1 amide bonds. The summed E-state index contributed by atoms with van der Waals surface area (Å²) in [5.74, 6) is 2.44. The van der Waals surface area contributed by atoms with Gasteiger partial charge in [0.2, 0.25) is 0 Å². The summed E-state index contributed by atoms with van der Waals surface area (Å²) in [6.45, 7) is 17.5. The Kier molecular flexibility index (Phi) is 9.58. The van der Waals surface area contributed by atoms with Gasteiger partial charge < -0.3 is 24.4 Å². The van der Waals surface area contributed by atoms with Gasteiger partial charge >= 0.3 is 6.09 Å². The molecule has 0 unspecified atom stereocenters. The molecule has 1 aromatic heterocycles. The molecule has 1 aliphatic heterocycles. The third-order valence-corrected chi connectivity index (χ3v) is 5.38. The number of ether oxygens (including phenoxy) is 1. The average molecular weight is 436 g/mol. The first-order valence-electron chi connectivity index (χ1n) is 11.6. The van der Waals surface area contributed by atoms with Gasteiger partial charge in [-0.3, -0.25) is 4.99 Å². The van der Waals surface area contributed by atoms with E-state index >= 15 is 0 Å². The minimum Gasteiger partial charge on any atom is -0.444 e. The van der Waals surface area contributed by atoms with E-state index in [1.807, 2.05) is 32.6 Å². The summed E-state index contributed by atoms with van der Waals surface area (Å²) in [5, 5.41) is 11.5. The zero-order valence-electron chi connectivity index (χ0n) is 20.2. The Morgan fingerprint density at radius 2 is 2.00 bits per heavy atom. The second-order valence-electron chi connectivity index (χ2n) is 8.98. The lowest BCUT2D eigenvalue weighted by Crippen LogP contribution is -2.48. The molecule has 9 nitrogen and oxygen atoms in total. The molecule has 0 saturated carbocycles. The van der Waals surface area contributed by atoms with Gasteiger partial charge in [-0.1, -0.05) is 6.92 Å². The fourth-order valence-corrected chi connectivity index (χ4v) is 3.73. The van der Waals surface area contributed by atoms with Crippen LogP contribution >= 0.6 is 0 Å². The highest BCUT2D eigenvalue weighted by atomic mass is 16.6. The van der Waals surface area contributed by atoms with Gasteiger partial charge in [0.05, 0.1) is 6.54 Å². The minimum atomic E-state index is -0.463. The predicted molar refractivity (Wildman–Crippen MR) is 123 cm³/mol. The zero-order valence-corrected chi connectivity index (χ0v) is 20.2. The van der Waals surface area contributed by atoms with Crippen LogP contribution in [0.5, 0.6) is 0 Å². The number of hydrogen-bond acceptors (Lipinski definition) is 5. The Hall–Kier alpha value is -2.32. The summed E-state index contributed by atoms with van der Waals surface area (Å²) in [7, 11) is 0. The second-order valence-corrected chi connectivity index (χ2v) is 8.98. The molecular weight excluding hydrogens is 394 g/mol. The van der Waals surface area contributed by atoms with Crippen molar-refractivity contribution < 1.29 is 9.53 Å². The SMILES string of the molecule is CCNC(=NCCn1cnnc1CC)N1CCC(CN(CC)C(=O)OC(C)(C)C)CC1. The average Bonchev–Trinajstić information content (AvgIpc) is 3.18. The first-order valence-corrected chi connectivity index (χ1v) is 11.6. The Balaban J connectivity index is 1.87. The quantitative estimate of drug-likeness (QED) is 0.499. The smallest absolute Gasteiger partial charge is 0.410 e. The number of hydrogen-bond donors (Lipinski definition) is 1. The summed E-state index contributed by atoms with van der Waals surface area (Å²) in [6.07, 6.45) is 4.50. The van der Waals surface area contributed by atoms with Crippen LogP contribution in [0.4, 0.5) is 4.79 Å². The van der Waals surface area contributed by atoms with Crippen molar-refractivity contribution >= 4 is 12.1 Å². The maximum Gasteiger partial charge on any atom is 0.410 e. The first-order chi connectivity index (χ1) is 14.8. The molecule has 0 aliphatic carbocycles. The van der Waals surface area contributed by atoms with E-state index in [1.54, 1.807) is 6.33 Å². The molecule has 1 saturated heterocycles. The van der Waals surface area contributed by atoms with Crippen molar-refractivity contribution in [3.8, 4) is 0 Å². The van der Waals surface area contributed by atoms with E-state index in [4.69, 9.17) is 9.73 Å². The van der Waals surface area contributed by atoms with Crippen molar-refractivity contribution in [2.45, 2.75) is 73.0 Å². The maximum absolute atomic E-state index is 12.4. The van der Waals surface area contributed by atoms with Crippen LogP contribution in [0.2, 0.25) is 0 Å². The fraction of sp³-hybridized carbons (Fsp3) is 0.818. The van der Waals surface area contributed by atoms with Crippen molar-refractivity contribution in [3.63, 3.8) is 0 Å². The zero-order chi connectivity index (χ0) is 22.9. The van der Waals surface area contributed by atoms with E-state index in [0.717, 1.165) is 63.8 Å². The number of carbonyl (C=O) groups excluding carboxylic acids is 1. The molecule has 0 atom stereocenters. The summed E-state index contributed by atoms with van der Waals surface area (Å²) < 4.78 is 7.62. The molecule has 31 heavy (non-hydrogen) atoms. The molecule has 0 spiro atoms. The largest absolute Gasteiger partial charge is 0.444 e. The molecule has 0 aromatic carbocycles. The Morgan fingerprint density at radius 1 is 1.29 bits per heavy atom. The van der Waals surface area contributed by atoms with Crippen LogP contribution in [0.25, 0.3) is 0 Å². The highest BCUT2D eigenvalue weighted by Gasteiger charge is 2.27. The van der Waals surface area contributed by atoms with E-state index in [-0.39, 0.29) is 6.09 Å². The van der Waals surface area contributed by atoms with E-state index in [9.17, 15) is 4.79 Å². The van der Waals surface area contributed by atoms with Gasteiger partial charge in [0, 0.05) is 45.7 Å². The van der Waals surface area contributed by atoms with Gasteiger partial charge in [0.15, 0.2) is 5.96 Å². The van der Waals surface area contributed by atoms with Crippen LogP contribution in [0.15, 0.2) is 11.3 Å². The molecule has 0 radical (unpaired) electrons. The molecule has 176 valence electrons. The summed E-state index contributed by atoms with van der Waals surface area (Å²) in [5.41, 5.74) is -0.463. The van der Waals surface area contributed by atoms with Crippen LogP contribution in [0, 0.1) is 5.92 Å². The molecule has 1 fully saturated rings. The fourth-order valence-electron chi connectivity index (χ4n) is 3.73. The van der Waals surface area contributed by atoms with Gasteiger partial charge in [-0.25, -0.2) is 4.79 Å². The number of aromatic nitrogens is 3. The van der Waals surface area contributed by atoms with Crippen LogP contribution in [-0.2, 0) is 17.7 Å². The molecule has 0 bridgehead atoms. The normalized spacial score (nSPS) is 15.8. The van der Waals surface area contributed by atoms with Gasteiger partial charge in [-0.15, -0.1) is 10.2 Å². The molecule has 1 N–H and O–H groups in total. The van der Waals surface area contributed by atoms with Gasteiger partial charge in [0.1, 0.15) is 17.8 Å². The minimum absolute atomic E-state index is 0.215. The number of rotatable bonds is 8. The van der Waals surface area contributed by atoms with E-state index < -0.39 is 5.60 Å². The van der Waals surface area contributed by atoms with E-state index in [2.05, 4.69) is 38.8 Å². The molecule has 2 heterocycles. The lowest BCUT2D eigenvalue weighted by molar-refractivity contribution is 0.0214. The highest BCUT2D eigenvalue weighted by molar-refractivity contribution is 5.80. The van der Waals surface area contributed by atoms with Crippen molar-refractivity contribution in [2.24, 2.45) is 10.9 Å². The van der Waals surface area contributed by atoms with Crippen LogP contribution in [0.1, 0.15) is 60.2 Å². The summed E-state index contributed by atoms with van der Waals surface area (Å²) in [6, 6.07) is 0. The van der Waals surface area contributed by atoms with Gasteiger partial charge in [-0.05, 0) is 53.4 Å². The Labute approximate surface area is 187 Å². The number of aryl methyl sites for hydroxylation is 1. The van der Waals surface area contributed by atoms with Crippen molar-refractivity contribution in [2.75, 3.05) is 39.3 Å². The lowest BCUT2D eigenvalue weighted by atomic mass is 9.96. The van der Waals surface area contributed by atoms with Crippen LogP contribution < -0.4 is 5.32 Å². The number of nitrogens with zero attached hydrogens (tertiary/aromatic N) is 6. The van der Waals surface area contributed by atoms with Crippen molar-refractivity contribution in [1.29, 1.82) is 0 Å². The second kappa shape index (κ2) is 11.9. The third-order valence-electron chi connectivity index (χ3n) is 5.38. The predicted octanol–water partition coefficient (Wildman–Crippen LogP) is 2.78. The molecule has 2 rings (SSSR count). The first kappa shape index (κ1) is 24.9. The molecule has 9 heteroatoms. The van der Waals surface area contributed by atoms with Crippen molar-refractivity contribution in [1.82, 2.24) is 29.9 Å². The van der Waals surface area contributed by atoms with E-state index in [0.29, 0.717) is 19.0 Å². The summed E-state index contributed by atoms with van der Waals surface area (Å²) >= 11 is 0. The number of likely N-dealkylation sites (tertiary alicyclic amines) is 1. The Bertz CT molecular complexity index is 703. The number of nitrogens with one attached hydrogen (secondary N) is 1. The van der Waals surface area contributed by atoms with Crippen molar-refractivity contribution in [3.05, 3.63) is 12.2 Å². The topological polar surface area (TPSA) is 87.9 Å². The number of piperidine rings is 1. The van der Waals surface area contributed by atoms with Crippen LogP contribution in [0.3, 0.4) is 0 Å². The molecular formula is C22H41N7O2. The number of carbonyl (C=O) groups is 1. The van der Waals surface area contributed by atoms with Crippen LogP contribution in [-0.4, -0.2) is 81.5 Å². The summed E-state index contributed by atoms with van der Waals surface area (Å²) in [4.78, 5) is 21.4. The standard InChI is InChI=1S/C22H41N7O2/c1-7-19-26-25-17-29(19)15-12-24-20(23-8-2)28-13-10-18(11-14-28)16-27(9-3)21(30)31-22(4,5)6/h17-18H,7-16H2,1-6H3,(H,23,24). The number of aliphatic imine (C=N–C) groups is 1. The highest BCUT2D eigenvalue weighted by Crippen LogP contribution is 2.20. The maximum atomic E-state index is 12.4. The molecule has 1 aromatic rings. The number of guanidine groups is 1. The number of amides is 1. The lowest BCUT2D eigenvalue weighted by Gasteiger charge is -2.36. The monoisotopic (exact) mass is 435 g/mol. The van der Waals surface area contributed by atoms with Gasteiger partial charge in [-0.2, -0.15) is 0 Å². The molecule has 1 aliphatic rings.